The molecule has 0 aliphatic rings. The number of nitrogens with zero attached hydrogens (tertiary/aromatic N) is 2. The first-order valence-electron chi connectivity index (χ1n) is 9.99. The van der Waals surface area contributed by atoms with Crippen molar-refractivity contribution in [1.29, 1.82) is 0 Å². The van der Waals surface area contributed by atoms with Crippen LogP contribution in [0.2, 0.25) is 0 Å². The lowest BCUT2D eigenvalue weighted by atomic mass is 10.1. The number of para-hydroxylation sites is 1. The van der Waals surface area contributed by atoms with E-state index in [0.29, 0.717) is 4.88 Å². The highest BCUT2D eigenvalue weighted by Gasteiger charge is 2.35. The maximum atomic E-state index is 14.9. The number of pyridine rings is 1. The van der Waals surface area contributed by atoms with Gasteiger partial charge < -0.3 is 5.32 Å². The van der Waals surface area contributed by atoms with E-state index in [-0.39, 0.29) is 17.9 Å². The van der Waals surface area contributed by atoms with Gasteiger partial charge in [0.05, 0.1) is 5.69 Å². The molecule has 2 amide bonds. The minimum Gasteiger partial charge on any atom is -0.350 e. The molecule has 32 heavy (non-hydrogen) atoms. The minimum absolute atomic E-state index is 0.0106. The Hall–Kier alpha value is -3.84. The highest BCUT2D eigenvalue weighted by atomic mass is 32.1. The molecule has 0 saturated carbocycles. The predicted octanol–water partition coefficient (Wildman–Crippen LogP) is 4.99. The summed E-state index contributed by atoms with van der Waals surface area (Å²) in [5.41, 5.74) is 1.05. The van der Waals surface area contributed by atoms with Gasteiger partial charge in [-0.2, -0.15) is 0 Å². The van der Waals surface area contributed by atoms with E-state index < -0.39 is 23.7 Å². The number of aromatic nitrogens is 1. The van der Waals surface area contributed by atoms with Crippen molar-refractivity contribution < 1.29 is 14.0 Å². The molecule has 1 unspecified atom stereocenters. The van der Waals surface area contributed by atoms with Crippen LogP contribution in [0.4, 0.5) is 10.1 Å². The molecule has 0 fully saturated rings. The summed E-state index contributed by atoms with van der Waals surface area (Å²) < 4.78 is 14.9. The molecule has 1 atom stereocenters. The molecule has 0 spiro atoms. The summed E-state index contributed by atoms with van der Waals surface area (Å²) >= 11 is 1.32. The summed E-state index contributed by atoms with van der Waals surface area (Å²) in [6.07, 6.45) is 1.49. The molecule has 4 rings (SSSR count). The van der Waals surface area contributed by atoms with Gasteiger partial charge in [0.15, 0.2) is 6.04 Å². The molecule has 2 heterocycles. The monoisotopic (exact) mass is 445 g/mol. The second-order valence-electron chi connectivity index (χ2n) is 6.96. The first-order valence-corrected chi connectivity index (χ1v) is 10.9. The van der Waals surface area contributed by atoms with Gasteiger partial charge in [0.25, 0.3) is 5.91 Å². The Bertz CT molecular complexity index is 1180. The molecular weight excluding hydrogens is 425 g/mol. The fourth-order valence-electron chi connectivity index (χ4n) is 3.33. The number of carbonyl (C=O) groups is 2. The number of hydrogen-bond acceptors (Lipinski definition) is 4. The molecule has 1 N–H and O–H groups in total. The fraction of sp³-hybridized carbons (Fsp3) is 0.0800. The van der Waals surface area contributed by atoms with Gasteiger partial charge in [0.2, 0.25) is 5.91 Å². The van der Waals surface area contributed by atoms with E-state index in [4.69, 9.17) is 0 Å². The third-order valence-electron chi connectivity index (χ3n) is 4.84. The van der Waals surface area contributed by atoms with Crippen molar-refractivity contribution in [3.05, 3.63) is 118 Å². The van der Waals surface area contributed by atoms with E-state index in [9.17, 15) is 14.0 Å². The van der Waals surface area contributed by atoms with Gasteiger partial charge >= 0.3 is 0 Å². The van der Waals surface area contributed by atoms with Crippen LogP contribution in [0.1, 0.15) is 27.0 Å². The largest absolute Gasteiger partial charge is 0.350 e. The van der Waals surface area contributed by atoms with Crippen molar-refractivity contribution in [2.24, 2.45) is 0 Å². The van der Waals surface area contributed by atoms with Crippen LogP contribution in [-0.4, -0.2) is 16.8 Å². The van der Waals surface area contributed by atoms with E-state index in [0.717, 1.165) is 5.56 Å². The van der Waals surface area contributed by atoms with Gasteiger partial charge in [-0.3, -0.25) is 19.5 Å². The zero-order valence-corrected chi connectivity index (χ0v) is 17.8. The van der Waals surface area contributed by atoms with Crippen molar-refractivity contribution in [2.45, 2.75) is 12.6 Å². The first kappa shape index (κ1) is 21.4. The standard InChI is InChI=1S/C25H20FN3O2S/c26-19-11-4-5-13-21(19)29(25(31)20-12-6-7-15-27-20)23(22-14-8-16-32-22)24(30)28-17-18-9-2-1-3-10-18/h1-16,23H,17H2,(H,28,30). The molecule has 0 saturated heterocycles. The Morgan fingerprint density at radius 3 is 2.38 bits per heavy atom. The van der Waals surface area contributed by atoms with Gasteiger partial charge in [-0.05, 0) is 41.3 Å². The Morgan fingerprint density at radius 1 is 0.938 bits per heavy atom. The van der Waals surface area contributed by atoms with Crippen LogP contribution < -0.4 is 10.2 Å². The summed E-state index contributed by atoms with van der Waals surface area (Å²) in [4.78, 5) is 32.9. The number of anilines is 1. The van der Waals surface area contributed by atoms with Crippen LogP contribution >= 0.6 is 11.3 Å². The lowest BCUT2D eigenvalue weighted by Crippen LogP contribution is -2.44. The molecule has 2 aromatic carbocycles. The summed E-state index contributed by atoms with van der Waals surface area (Å²) in [5.74, 6) is -1.58. The molecule has 7 heteroatoms. The quantitative estimate of drug-likeness (QED) is 0.436. The number of hydrogen-bond donors (Lipinski definition) is 1. The van der Waals surface area contributed by atoms with Crippen molar-refractivity contribution in [1.82, 2.24) is 10.3 Å². The Kier molecular flexibility index (Phi) is 6.67. The molecule has 0 bridgehead atoms. The van der Waals surface area contributed by atoms with Gasteiger partial charge in [-0.25, -0.2) is 4.39 Å². The molecule has 2 aromatic heterocycles. The molecular formula is C25H20FN3O2S. The highest BCUT2D eigenvalue weighted by Crippen LogP contribution is 2.33. The molecule has 0 radical (unpaired) electrons. The molecule has 5 nitrogen and oxygen atoms in total. The fourth-order valence-corrected chi connectivity index (χ4v) is 4.14. The second-order valence-corrected chi connectivity index (χ2v) is 7.94. The zero-order chi connectivity index (χ0) is 22.3. The molecule has 4 aromatic rings. The van der Waals surface area contributed by atoms with Gasteiger partial charge in [0, 0.05) is 17.6 Å². The maximum absolute atomic E-state index is 14.9. The van der Waals surface area contributed by atoms with Gasteiger partial charge in [-0.15, -0.1) is 11.3 Å². The number of nitrogens with one attached hydrogen (secondary N) is 1. The predicted molar refractivity (Wildman–Crippen MR) is 123 cm³/mol. The Balaban J connectivity index is 1.76. The molecule has 160 valence electrons. The van der Waals surface area contributed by atoms with Crippen molar-refractivity contribution in [2.75, 3.05) is 4.90 Å². The highest BCUT2D eigenvalue weighted by molar-refractivity contribution is 7.10. The van der Waals surface area contributed by atoms with Gasteiger partial charge in [0.1, 0.15) is 11.5 Å². The lowest BCUT2D eigenvalue weighted by molar-refractivity contribution is -0.122. The maximum Gasteiger partial charge on any atom is 0.277 e. The van der Waals surface area contributed by atoms with E-state index in [1.165, 1.54) is 40.6 Å². The van der Waals surface area contributed by atoms with Crippen LogP contribution in [0.5, 0.6) is 0 Å². The number of benzene rings is 2. The Labute approximate surface area is 189 Å². The van der Waals surface area contributed by atoms with E-state index in [2.05, 4.69) is 10.3 Å². The SMILES string of the molecule is O=C(NCc1ccccc1)C(c1cccs1)N(C(=O)c1ccccn1)c1ccccc1F. The number of rotatable bonds is 7. The third kappa shape index (κ3) is 4.73. The van der Waals surface area contributed by atoms with Crippen molar-refractivity contribution in [3.8, 4) is 0 Å². The minimum atomic E-state index is -1.06. The van der Waals surface area contributed by atoms with E-state index in [1.807, 2.05) is 35.7 Å². The topological polar surface area (TPSA) is 62.3 Å². The van der Waals surface area contributed by atoms with Crippen LogP contribution in [0, 0.1) is 5.82 Å². The lowest BCUT2D eigenvalue weighted by Gasteiger charge is -2.30. The van der Waals surface area contributed by atoms with Crippen LogP contribution in [-0.2, 0) is 11.3 Å². The zero-order valence-electron chi connectivity index (χ0n) is 17.0. The summed E-state index contributed by atoms with van der Waals surface area (Å²) in [6.45, 7) is 0.282. The summed E-state index contributed by atoms with van der Waals surface area (Å²) in [5, 5.41) is 4.71. The summed E-state index contributed by atoms with van der Waals surface area (Å²) in [6, 6.07) is 22.8. The summed E-state index contributed by atoms with van der Waals surface area (Å²) in [7, 11) is 0. The van der Waals surface area contributed by atoms with Crippen LogP contribution in [0.25, 0.3) is 0 Å². The van der Waals surface area contributed by atoms with E-state index >= 15 is 0 Å². The van der Waals surface area contributed by atoms with Gasteiger partial charge in [-0.1, -0.05) is 54.6 Å². The normalized spacial score (nSPS) is 11.5. The van der Waals surface area contributed by atoms with Crippen molar-refractivity contribution in [3.63, 3.8) is 0 Å². The Morgan fingerprint density at radius 2 is 1.69 bits per heavy atom. The smallest absolute Gasteiger partial charge is 0.277 e. The first-order chi connectivity index (χ1) is 15.6. The van der Waals surface area contributed by atoms with E-state index in [1.54, 1.807) is 36.4 Å². The average molecular weight is 446 g/mol. The number of carbonyl (C=O) groups excluding carboxylic acids is 2. The number of thiophene rings is 1. The third-order valence-corrected chi connectivity index (χ3v) is 5.77. The number of amides is 2. The van der Waals surface area contributed by atoms with Crippen LogP contribution in [0.15, 0.2) is 96.5 Å². The molecule has 0 aliphatic heterocycles. The average Bonchev–Trinajstić information content (AvgIpc) is 3.37. The number of halogens is 1. The molecule has 0 aliphatic carbocycles. The van der Waals surface area contributed by atoms with Crippen molar-refractivity contribution >= 4 is 28.8 Å². The van der Waals surface area contributed by atoms with Crippen LogP contribution in [0.3, 0.4) is 0 Å². The second kappa shape index (κ2) is 9.98.